The van der Waals surface area contributed by atoms with Gasteiger partial charge in [-0.05, 0) is 46.8 Å². The monoisotopic (exact) mass is 305 g/mol. The number of carbonyl (C=O) groups excluding carboxylic acids is 1. The third kappa shape index (κ3) is 3.79. The van der Waals surface area contributed by atoms with Crippen LogP contribution in [0.25, 0.3) is 11.0 Å². The topological polar surface area (TPSA) is 46.9 Å². The molecule has 1 heterocycles. The number of benzene rings is 1. The molecule has 1 N–H and O–H groups in total. The van der Waals surface area contributed by atoms with Crippen molar-refractivity contribution in [1.29, 1.82) is 0 Å². The van der Waals surface area contributed by atoms with Crippen LogP contribution in [0, 0.1) is 0 Å². The summed E-state index contributed by atoms with van der Waals surface area (Å²) in [6.45, 7) is 10.8. The third-order valence-corrected chi connectivity index (χ3v) is 4.18. The van der Waals surface area contributed by atoms with Gasteiger partial charge in [-0.2, -0.15) is 0 Å². The molecule has 0 saturated heterocycles. The quantitative estimate of drug-likeness (QED) is 0.880. The van der Waals surface area contributed by atoms with Gasteiger partial charge in [-0.3, -0.25) is 4.79 Å². The number of aromatic nitrogens is 2. The van der Waals surface area contributed by atoms with E-state index in [1.807, 2.05) is 45.9 Å². The highest BCUT2D eigenvalue weighted by Crippen LogP contribution is 2.27. The molecule has 0 aliphatic carbocycles. The van der Waals surface area contributed by atoms with Crippen molar-refractivity contribution in [2.45, 2.75) is 57.1 Å². The maximum atomic E-state index is 12.2. The normalized spacial score (nSPS) is 13.4. The van der Waals surface area contributed by atoms with Crippen LogP contribution in [0.4, 0.5) is 0 Å². The molecule has 1 unspecified atom stereocenters. The number of aryl methyl sites for hydroxylation is 1. The zero-order valence-corrected chi connectivity index (χ0v) is 14.1. The summed E-state index contributed by atoms with van der Waals surface area (Å²) in [5.41, 5.74) is 1.88. The maximum Gasteiger partial charge on any atom is 0.233 e. The van der Waals surface area contributed by atoms with Gasteiger partial charge in [-0.25, -0.2) is 4.98 Å². The number of hydrogen-bond acceptors (Lipinski definition) is 3. The molecule has 21 heavy (non-hydrogen) atoms. The smallest absolute Gasteiger partial charge is 0.233 e. The highest BCUT2D eigenvalue weighted by Gasteiger charge is 2.22. The van der Waals surface area contributed by atoms with Crippen LogP contribution < -0.4 is 5.32 Å². The standard InChI is InChI=1S/C16H23N3OS/c1-6-19-13-10-8-7-9-12(13)17-15(19)21-11(2)14(20)18-16(3,4)5/h7-11H,6H2,1-5H3,(H,18,20). The molecule has 4 nitrogen and oxygen atoms in total. The average Bonchev–Trinajstić information content (AvgIpc) is 2.73. The van der Waals surface area contributed by atoms with Crippen LogP contribution in [0.3, 0.4) is 0 Å². The molecule has 0 aliphatic rings. The molecule has 114 valence electrons. The summed E-state index contributed by atoms with van der Waals surface area (Å²) in [6.07, 6.45) is 0. The molecule has 0 radical (unpaired) electrons. The predicted octanol–water partition coefficient (Wildman–Crippen LogP) is 3.45. The molecule has 0 aliphatic heterocycles. The zero-order valence-electron chi connectivity index (χ0n) is 13.3. The van der Waals surface area contributed by atoms with E-state index in [9.17, 15) is 4.79 Å². The number of amides is 1. The Morgan fingerprint density at radius 1 is 1.38 bits per heavy atom. The molecule has 0 bridgehead atoms. The van der Waals surface area contributed by atoms with E-state index < -0.39 is 0 Å². The van der Waals surface area contributed by atoms with Gasteiger partial charge in [0.05, 0.1) is 16.3 Å². The largest absolute Gasteiger partial charge is 0.351 e. The Labute approximate surface area is 130 Å². The van der Waals surface area contributed by atoms with Gasteiger partial charge < -0.3 is 9.88 Å². The number of rotatable bonds is 4. The van der Waals surface area contributed by atoms with Crippen molar-refractivity contribution in [3.05, 3.63) is 24.3 Å². The van der Waals surface area contributed by atoms with Crippen molar-refractivity contribution in [3.8, 4) is 0 Å². The van der Waals surface area contributed by atoms with Crippen molar-refractivity contribution in [2.75, 3.05) is 0 Å². The van der Waals surface area contributed by atoms with Crippen LogP contribution >= 0.6 is 11.8 Å². The summed E-state index contributed by atoms with van der Waals surface area (Å²) < 4.78 is 2.15. The SMILES string of the molecule is CCn1c(SC(C)C(=O)NC(C)(C)C)nc2ccccc21. The van der Waals surface area contributed by atoms with Crippen LogP contribution in [0.1, 0.15) is 34.6 Å². The first kappa shape index (κ1) is 15.9. The minimum absolute atomic E-state index is 0.0437. The highest BCUT2D eigenvalue weighted by atomic mass is 32.2. The number of carbonyl (C=O) groups is 1. The van der Waals surface area contributed by atoms with Crippen LogP contribution in [0.2, 0.25) is 0 Å². The molecule has 2 rings (SSSR count). The van der Waals surface area contributed by atoms with Gasteiger partial charge >= 0.3 is 0 Å². The number of imidazole rings is 1. The van der Waals surface area contributed by atoms with E-state index in [0.717, 1.165) is 22.7 Å². The second-order valence-corrected chi connectivity index (χ2v) is 7.43. The molecule has 2 aromatic rings. The lowest BCUT2D eigenvalue weighted by Gasteiger charge is -2.23. The number of fused-ring (bicyclic) bond motifs is 1. The summed E-state index contributed by atoms with van der Waals surface area (Å²) in [6, 6.07) is 8.07. The lowest BCUT2D eigenvalue weighted by Crippen LogP contribution is -2.44. The van der Waals surface area contributed by atoms with E-state index in [4.69, 9.17) is 0 Å². The van der Waals surface area contributed by atoms with Crippen LogP contribution in [-0.2, 0) is 11.3 Å². The number of nitrogens with zero attached hydrogens (tertiary/aromatic N) is 2. The Kier molecular flexibility index (Phi) is 4.61. The lowest BCUT2D eigenvalue weighted by molar-refractivity contribution is -0.121. The summed E-state index contributed by atoms with van der Waals surface area (Å²) in [4.78, 5) is 16.9. The number of nitrogens with one attached hydrogen (secondary N) is 1. The second-order valence-electron chi connectivity index (χ2n) is 6.13. The van der Waals surface area contributed by atoms with Gasteiger partial charge in [0.2, 0.25) is 5.91 Å². The van der Waals surface area contributed by atoms with Crippen molar-refractivity contribution in [3.63, 3.8) is 0 Å². The van der Waals surface area contributed by atoms with Gasteiger partial charge in [0.15, 0.2) is 5.16 Å². The Morgan fingerprint density at radius 2 is 2.05 bits per heavy atom. The molecule has 1 amide bonds. The van der Waals surface area contributed by atoms with Gasteiger partial charge in [0.1, 0.15) is 0 Å². The summed E-state index contributed by atoms with van der Waals surface area (Å²) in [5, 5.41) is 3.74. The van der Waals surface area contributed by atoms with E-state index in [1.54, 1.807) is 0 Å². The molecular weight excluding hydrogens is 282 g/mol. The second kappa shape index (κ2) is 6.10. The van der Waals surface area contributed by atoms with Crippen molar-refractivity contribution >= 4 is 28.7 Å². The molecule has 5 heteroatoms. The first-order chi connectivity index (χ1) is 9.81. The molecule has 0 spiro atoms. The maximum absolute atomic E-state index is 12.2. The Bertz CT molecular complexity index is 642. The predicted molar refractivity (Wildman–Crippen MR) is 88.6 cm³/mol. The summed E-state index contributed by atoms with van der Waals surface area (Å²) >= 11 is 1.51. The van der Waals surface area contributed by atoms with E-state index in [0.29, 0.717) is 0 Å². The van der Waals surface area contributed by atoms with Gasteiger partial charge in [0.25, 0.3) is 0 Å². The van der Waals surface area contributed by atoms with Gasteiger partial charge in [-0.15, -0.1) is 0 Å². The first-order valence-electron chi connectivity index (χ1n) is 7.26. The zero-order chi connectivity index (χ0) is 15.6. The fourth-order valence-corrected chi connectivity index (χ4v) is 3.12. The van der Waals surface area contributed by atoms with Gasteiger partial charge in [0, 0.05) is 12.1 Å². The van der Waals surface area contributed by atoms with Crippen LogP contribution in [0.5, 0.6) is 0 Å². The number of thioether (sulfide) groups is 1. The van der Waals surface area contributed by atoms with Crippen molar-refractivity contribution in [2.24, 2.45) is 0 Å². The van der Waals surface area contributed by atoms with Crippen LogP contribution in [0.15, 0.2) is 29.4 Å². The summed E-state index contributed by atoms with van der Waals surface area (Å²) in [5.74, 6) is 0.0437. The first-order valence-corrected chi connectivity index (χ1v) is 8.13. The minimum atomic E-state index is -0.212. The average molecular weight is 305 g/mol. The minimum Gasteiger partial charge on any atom is -0.351 e. The fourth-order valence-electron chi connectivity index (χ4n) is 2.13. The van der Waals surface area contributed by atoms with Gasteiger partial charge in [-0.1, -0.05) is 23.9 Å². The number of para-hydroxylation sites is 2. The molecule has 0 saturated carbocycles. The molecule has 1 aromatic heterocycles. The highest BCUT2D eigenvalue weighted by molar-refractivity contribution is 8.00. The van der Waals surface area contributed by atoms with E-state index in [1.165, 1.54) is 11.8 Å². The lowest BCUT2D eigenvalue weighted by atomic mass is 10.1. The van der Waals surface area contributed by atoms with E-state index >= 15 is 0 Å². The fraction of sp³-hybridized carbons (Fsp3) is 0.500. The van der Waals surface area contributed by atoms with Crippen molar-refractivity contribution < 1.29 is 4.79 Å². The molecular formula is C16H23N3OS. The Hall–Kier alpha value is -1.49. The molecule has 0 fully saturated rings. The van der Waals surface area contributed by atoms with Crippen LogP contribution in [-0.4, -0.2) is 26.2 Å². The van der Waals surface area contributed by atoms with Crippen molar-refractivity contribution in [1.82, 2.24) is 14.9 Å². The molecule has 1 atom stereocenters. The Morgan fingerprint density at radius 3 is 2.67 bits per heavy atom. The summed E-state index contributed by atoms with van der Waals surface area (Å²) in [7, 11) is 0. The molecule has 1 aromatic carbocycles. The van der Waals surface area contributed by atoms with E-state index in [-0.39, 0.29) is 16.7 Å². The number of hydrogen-bond donors (Lipinski definition) is 1. The third-order valence-electron chi connectivity index (χ3n) is 3.09. The van der Waals surface area contributed by atoms with E-state index in [2.05, 4.69) is 27.9 Å². The Balaban J connectivity index is 2.21.